The zero-order valence-electron chi connectivity index (χ0n) is 19.0. The summed E-state index contributed by atoms with van der Waals surface area (Å²) in [6.45, 7) is 2.41. The van der Waals surface area contributed by atoms with E-state index < -0.39 is 23.5 Å². The fourth-order valence-corrected chi connectivity index (χ4v) is 3.92. The number of carbonyl (C=O) groups excluding carboxylic acids is 2. The molecular weight excluding hydrogens is 430 g/mol. The van der Waals surface area contributed by atoms with E-state index in [0.29, 0.717) is 29.4 Å². The van der Waals surface area contributed by atoms with Gasteiger partial charge in [-0.25, -0.2) is 0 Å². The number of allylic oxidation sites excluding steroid dienone is 1. The van der Waals surface area contributed by atoms with E-state index in [-0.39, 0.29) is 5.57 Å². The van der Waals surface area contributed by atoms with E-state index in [1.807, 2.05) is 37.3 Å². The molecule has 1 N–H and O–H groups in total. The Balaban J connectivity index is 1.75. The van der Waals surface area contributed by atoms with Gasteiger partial charge in [0.1, 0.15) is 11.5 Å². The maximum Gasteiger partial charge on any atom is 0.294 e. The van der Waals surface area contributed by atoms with Gasteiger partial charge in [-0.05, 0) is 60.5 Å². The van der Waals surface area contributed by atoms with Crippen molar-refractivity contribution in [3.63, 3.8) is 0 Å². The van der Waals surface area contributed by atoms with Crippen LogP contribution in [0.1, 0.15) is 24.1 Å². The Labute approximate surface area is 198 Å². The lowest BCUT2D eigenvalue weighted by Crippen LogP contribution is -2.30. The first-order chi connectivity index (χ1) is 16.5. The van der Waals surface area contributed by atoms with Crippen molar-refractivity contribution in [2.24, 2.45) is 0 Å². The number of benzene rings is 3. The number of rotatable bonds is 8. The van der Waals surface area contributed by atoms with Gasteiger partial charge in [0.25, 0.3) is 5.91 Å². The summed E-state index contributed by atoms with van der Waals surface area (Å²) in [6.07, 6.45) is 3.05. The van der Waals surface area contributed by atoms with Crippen LogP contribution < -0.4 is 14.4 Å². The molecule has 1 amide bonds. The maximum atomic E-state index is 13.3. The summed E-state index contributed by atoms with van der Waals surface area (Å²) in [6, 6.07) is 22.6. The van der Waals surface area contributed by atoms with E-state index in [1.165, 1.54) is 11.0 Å². The molecule has 3 aromatic rings. The van der Waals surface area contributed by atoms with Gasteiger partial charge in [0.2, 0.25) is 0 Å². The van der Waals surface area contributed by atoms with Crippen LogP contribution in [0.25, 0.3) is 6.08 Å². The standard InChI is InChI=1S/C28H25NO5/c1-3-34-23-16-12-21(13-17-23)29-26(20-10-14-22(33-2)15-11-20)25(27(31)28(29)32)24(30)18-9-19-7-5-4-6-8-19/h4-18,26,31H,3H2,1-2H3/b18-9+/t26-/m0/s1. The zero-order chi connectivity index (χ0) is 24.1. The number of nitrogens with zero attached hydrogens (tertiary/aromatic N) is 1. The van der Waals surface area contributed by atoms with Gasteiger partial charge in [-0.3, -0.25) is 14.5 Å². The molecule has 0 saturated carbocycles. The fraction of sp³-hybridized carbons (Fsp3) is 0.143. The highest BCUT2D eigenvalue weighted by molar-refractivity contribution is 6.19. The van der Waals surface area contributed by atoms with E-state index in [4.69, 9.17) is 9.47 Å². The van der Waals surface area contributed by atoms with Gasteiger partial charge in [0.15, 0.2) is 11.5 Å². The lowest BCUT2D eigenvalue weighted by Gasteiger charge is -2.27. The summed E-state index contributed by atoms with van der Waals surface area (Å²) in [7, 11) is 1.56. The maximum absolute atomic E-state index is 13.3. The number of aliphatic hydroxyl groups is 1. The third-order valence-electron chi connectivity index (χ3n) is 5.56. The van der Waals surface area contributed by atoms with E-state index in [1.54, 1.807) is 61.7 Å². The van der Waals surface area contributed by atoms with Crippen LogP contribution in [0.4, 0.5) is 5.69 Å². The molecule has 1 aliphatic heterocycles. The Kier molecular flexibility index (Phi) is 6.78. The fourth-order valence-electron chi connectivity index (χ4n) is 3.92. The molecule has 0 aromatic heterocycles. The minimum atomic E-state index is -0.802. The van der Waals surface area contributed by atoms with E-state index in [9.17, 15) is 14.7 Å². The van der Waals surface area contributed by atoms with Crippen LogP contribution in [-0.2, 0) is 9.59 Å². The van der Waals surface area contributed by atoms with Crippen molar-refractivity contribution in [1.29, 1.82) is 0 Å². The molecule has 0 spiro atoms. The number of ether oxygens (including phenoxy) is 2. The first-order valence-electron chi connectivity index (χ1n) is 10.9. The van der Waals surface area contributed by atoms with E-state index in [2.05, 4.69) is 0 Å². The Morgan fingerprint density at radius 1 is 0.971 bits per heavy atom. The monoisotopic (exact) mass is 455 g/mol. The van der Waals surface area contributed by atoms with Gasteiger partial charge in [0, 0.05) is 5.69 Å². The predicted molar refractivity (Wildman–Crippen MR) is 131 cm³/mol. The van der Waals surface area contributed by atoms with Gasteiger partial charge < -0.3 is 14.6 Å². The molecule has 34 heavy (non-hydrogen) atoms. The molecular formula is C28H25NO5. The highest BCUT2D eigenvalue weighted by Gasteiger charge is 2.43. The quantitative estimate of drug-likeness (QED) is 0.468. The average molecular weight is 456 g/mol. The van der Waals surface area contributed by atoms with Crippen molar-refractivity contribution >= 4 is 23.5 Å². The number of ketones is 1. The van der Waals surface area contributed by atoms with Crippen molar-refractivity contribution < 1.29 is 24.2 Å². The topological polar surface area (TPSA) is 76.1 Å². The minimum absolute atomic E-state index is 0.0243. The summed E-state index contributed by atoms with van der Waals surface area (Å²) < 4.78 is 10.8. The number of aliphatic hydroxyl groups excluding tert-OH is 1. The Morgan fingerprint density at radius 3 is 2.24 bits per heavy atom. The van der Waals surface area contributed by atoms with Gasteiger partial charge in [-0.15, -0.1) is 0 Å². The number of hydrogen-bond acceptors (Lipinski definition) is 5. The third kappa shape index (κ3) is 4.57. The van der Waals surface area contributed by atoms with Crippen LogP contribution in [0.15, 0.2) is 96.3 Å². The summed E-state index contributed by atoms with van der Waals surface area (Å²) in [4.78, 5) is 27.9. The van der Waals surface area contributed by atoms with Crippen LogP contribution in [-0.4, -0.2) is 30.5 Å². The van der Waals surface area contributed by atoms with Crippen molar-refractivity contribution in [2.75, 3.05) is 18.6 Å². The first-order valence-corrected chi connectivity index (χ1v) is 10.9. The summed E-state index contributed by atoms with van der Waals surface area (Å²) >= 11 is 0. The van der Waals surface area contributed by atoms with Crippen LogP contribution in [0.3, 0.4) is 0 Å². The van der Waals surface area contributed by atoms with E-state index >= 15 is 0 Å². The molecule has 1 aliphatic rings. The molecule has 0 saturated heterocycles. The molecule has 6 heteroatoms. The molecule has 3 aromatic carbocycles. The summed E-state index contributed by atoms with van der Waals surface area (Å²) in [5.74, 6) is -0.327. The molecule has 1 heterocycles. The third-order valence-corrected chi connectivity index (χ3v) is 5.56. The Hall–Kier alpha value is -4.32. The van der Waals surface area contributed by atoms with Gasteiger partial charge in [-0.1, -0.05) is 48.5 Å². The van der Waals surface area contributed by atoms with Gasteiger partial charge in [-0.2, -0.15) is 0 Å². The molecule has 0 unspecified atom stereocenters. The Morgan fingerprint density at radius 2 is 1.62 bits per heavy atom. The van der Waals surface area contributed by atoms with Crippen LogP contribution in [0, 0.1) is 0 Å². The molecule has 0 radical (unpaired) electrons. The minimum Gasteiger partial charge on any atom is -0.503 e. The second kappa shape index (κ2) is 10.1. The molecule has 4 rings (SSSR count). The second-order valence-corrected chi connectivity index (χ2v) is 7.65. The SMILES string of the molecule is CCOc1ccc(N2C(=O)C(O)=C(C(=O)/C=C/c3ccccc3)[C@@H]2c2ccc(OC)cc2)cc1. The van der Waals surface area contributed by atoms with Crippen molar-refractivity contribution in [2.45, 2.75) is 13.0 Å². The first kappa shape index (κ1) is 22.9. The van der Waals surface area contributed by atoms with Crippen molar-refractivity contribution in [3.8, 4) is 11.5 Å². The summed E-state index contributed by atoms with van der Waals surface area (Å²) in [5, 5.41) is 10.8. The molecule has 1 atom stereocenters. The van der Waals surface area contributed by atoms with E-state index in [0.717, 1.165) is 5.56 Å². The molecule has 6 nitrogen and oxygen atoms in total. The normalized spacial score (nSPS) is 15.8. The smallest absolute Gasteiger partial charge is 0.294 e. The highest BCUT2D eigenvalue weighted by atomic mass is 16.5. The van der Waals surface area contributed by atoms with Gasteiger partial charge in [0.05, 0.1) is 25.3 Å². The predicted octanol–water partition coefficient (Wildman–Crippen LogP) is 5.28. The number of carbonyl (C=O) groups is 2. The van der Waals surface area contributed by atoms with Crippen LogP contribution in [0.5, 0.6) is 11.5 Å². The number of amides is 1. The average Bonchev–Trinajstić information content (AvgIpc) is 3.14. The molecule has 172 valence electrons. The zero-order valence-corrected chi connectivity index (χ0v) is 19.0. The number of methoxy groups -OCH3 is 1. The van der Waals surface area contributed by atoms with Crippen LogP contribution in [0.2, 0.25) is 0 Å². The van der Waals surface area contributed by atoms with Gasteiger partial charge >= 0.3 is 0 Å². The molecule has 0 bridgehead atoms. The van der Waals surface area contributed by atoms with Crippen molar-refractivity contribution in [1.82, 2.24) is 0 Å². The lowest BCUT2D eigenvalue weighted by atomic mass is 9.95. The number of hydrogen-bond donors (Lipinski definition) is 1. The lowest BCUT2D eigenvalue weighted by molar-refractivity contribution is -0.117. The van der Waals surface area contributed by atoms with Crippen LogP contribution >= 0.6 is 0 Å². The summed E-state index contributed by atoms with van der Waals surface area (Å²) in [5.41, 5.74) is 2.07. The van der Waals surface area contributed by atoms with Crippen molar-refractivity contribution in [3.05, 3.63) is 107 Å². The highest BCUT2D eigenvalue weighted by Crippen LogP contribution is 2.41. The largest absolute Gasteiger partial charge is 0.503 e. The number of anilines is 1. The second-order valence-electron chi connectivity index (χ2n) is 7.65. The molecule has 0 fully saturated rings. The molecule has 0 aliphatic carbocycles. The Bertz CT molecular complexity index is 1230.